The van der Waals surface area contributed by atoms with E-state index in [1.807, 2.05) is 13.8 Å². The molecular weight excluding hydrogens is 260 g/mol. The number of nitrogens with zero attached hydrogens (tertiary/aromatic N) is 3. The van der Waals surface area contributed by atoms with Gasteiger partial charge in [0.15, 0.2) is 5.82 Å². The predicted molar refractivity (Wildman–Crippen MR) is 84.9 cm³/mol. The second-order valence-corrected chi connectivity index (χ2v) is 4.57. The number of nitrogens with one attached hydrogen (secondary N) is 1. The lowest BCUT2D eigenvalue weighted by molar-refractivity contribution is 0.881. The molecule has 0 unspecified atom stereocenters. The maximum Gasteiger partial charge on any atom is 0.178 e. The Balaban J connectivity index is 0.000000774. The molecule has 0 amide bonds. The van der Waals surface area contributed by atoms with Crippen molar-refractivity contribution in [2.45, 2.75) is 27.2 Å². The molecule has 0 spiro atoms. The molecule has 0 saturated carbocycles. The summed E-state index contributed by atoms with van der Waals surface area (Å²) in [7, 11) is 0. The largest absolute Gasteiger partial charge is 0.178 e. The Labute approximate surface area is 125 Å². The van der Waals surface area contributed by atoms with Crippen molar-refractivity contribution in [1.29, 1.82) is 0 Å². The maximum atomic E-state index is 3.95. The zero-order valence-electron chi connectivity index (χ0n) is 12.7. The van der Waals surface area contributed by atoms with Crippen LogP contribution in [0.4, 0.5) is 0 Å². The lowest BCUT2D eigenvalue weighted by atomic mass is 10.0. The molecule has 3 rings (SSSR count). The van der Waals surface area contributed by atoms with Gasteiger partial charge in [0, 0.05) is 6.42 Å². The first-order chi connectivity index (χ1) is 10.3. The van der Waals surface area contributed by atoms with Gasteiger partial charge < -0.3 is 0 Å². The van der Waals surface area contributed by atoms with Gasteiger partial charge >= 0.3 is 0 Å². The van der Waals surface area contributed by atoms with Gasteiger partial charge in [0.05, 0.1) is 0 Å². The van der Waals surface area contributed by atoms with Crippen molar-refractivity contribution in [1.82, 2.24) is 20.6 Å². The molecule has 108 valence electrons. The summed E-state index contributed by atoms with van der Waals surface area (Å²) in [4.78, 5) is 0. The van der Waals surface area contributed by atoms with Crippen LogP contribution in [-0.2, 0) is 6.42 Å². The highest BCUT2D eigenvalue weighted by molar-refractivity contribution is 5.63. The number of H-pyrrole nitrogens is 1. The first-order valence-electron chi connectivity index (χ1n) is 7.19. The van der Waals surface area contributed by atoms with E-state index in [9.17, 15) is 0 Å². The van der Waals surface area contributed by atoms with Crippen molar-refractivity contribution in [2.75, 3.05) is 0 Å². The van der Waals surface area contributed by atoms with E-state index in [1.165, 1.54) is 22.3 Å². The molecular formula is C17H20N4. The van der Waals surface area contributed by atoms with E-state index in [0.29, 0.717) is 12.2 Å². The molecule has 0 bridgehead atoms. The third kappa shape index (κ3) is 3.99. The molecule has 0 aliphatic rings. The summed E-state index contributed by atoms with van der Waals surface area (Å²) in [6, 6.07) is 17.0. The number of tetrazole rings is 1. The summed E-state index contributed by atoms with van der Waals surface area (Å²) >= 11 is 0. The normalized spacial score (nSPS) is 9.86. The van der Waals surface area contributed by atoms with E-state index < -0.39 is 0 Å². The van der Waals surface area contributed by atoms with Crippen LogP contribution in [0.1, 0.15) is 30.8 Å². The van der Waals surface area contributed by atoms with Gasteiger partial charge in [-0.2, -0.15) is 5.21 Å². The highest BCUT2D eigenvalue weighted by Gasteiger charge is 2.02. The van der Waals surface area contributed by atoms with Crippen LogP contribution in [0.2, 0.25) is 0 Å². The highest BCUT2D eigenvalue weighted by Crippen LogP contribution is 2.20. The van der Waals surface area contributed by atoms with Gasteiger partial charge in [-0.05, 0) is 23.6 Å². The number of aryl methyl sites for hydroxylation is 1. The van der Waals surface area contributed by atoms with Crippen molar-refractivity contribution in [3.05, 3.63) is 65.5 Å². The first kappa shape index (κ1) is 14.9. The van der Waals surface area contributed by atoms with Gasteiger partial charge in [-0.25, -0.2) is 0 Å². The SMILES string of the molecule is CC.Cc1ccc(-c2ccc(Cc3nn[nH]n3)cc2)cc1. The van der Waals surface area contributed by atoms with Crippen LogP contribution in [0.3, 0.4) is 0 Å². The molecule has 4 nitrogen and oxygen atoms in total. The smallest absolute Gasteiger partial charge is 0.177 e. The van der Waals surface area contributed by atoms with Crippen LogP contribution in [-0.4, -0.2) is 20.6 Å². The zero-order valence-corrected chi connectivity index (χ0v) is 12.7. The number of benzene rings is 2. The van der Waals surface area contributed by atoms with E-state index in [1.54, 1.807) is 0 Å². The monoisotopic (exact) mass is 280 g/mol. The summed E-state index contributed by atoms with van der Waals surface area (Å²) in [5, 5.41) is 13.9. The van der Waals surface area contributed by atoms with Gasteiger partial charge in [0.2, 0.25) is 0 Å². The highest BCUT2D eigenvalue weighted by atomic mass is 15.5. The molecule has 0 aliphatic heterocycles. The van der Waals surface area contributed by atoms with Crippen molar-refractivity contribution in [3.63, 3.8) is 0 Å². The number of aromatic nitrogens is 4. The van der Waals surface area contributed by atoms with Crippen LogP contribution in [0.15, 0.2) is 48.5 Å². The van der Waals surface area contributed by atoms with E-state index in [2.05, 4.69) is 76.1 Å². The van der Waals surface area contributed by atoms with E-state index in [-0.39, 0.29) is 0 Å². The summed E-state index contributed by atoms with van der Waals surface area (Å²) in [5.41, 5.74) is 4.91. The Kier molecular flexibility index (Phi) is 5.21. The fourth-order valence-corrected chi connectivity index (χ4v) is 2.00. The van der Waals surface area contributed by atoms with Gasteiger partial charge in [-0.1, -0.05) is 73.2 Å². The molecule has 0 radical (unpaired) electrons. The maximum absolute atomic E-state index is 3.95. The molecule has 3 aromatic rings. The number of aromatic amines is 1. The average Bonchev–Trinajstić information content (AvgIpc) is 3.04. The Morgan fingerprint density at radius 1 is 0.857 bits per heavy atom. The summed E-state index contributed by atoms with van der Waals surface area (Å²) < 4.78 is 0. The van der Waals surface area contributed by atoms with Gasteiger partial charge in [0.25, 0.3) is 0 Å². The second kappa shape index (κ2) is 7.33. The molecule has 1 heterocycles. The summed E-state index contributed by atoms with van der Waals surface area (Å²) in [6.45, 7) is 6.10. The summed E-state index contributed by atoms with van der Waals surface area (Å²) in [6.07, 6.45) is 0.699. The Morgan fingerprint density at radius 2 is 1.43 bits per heavy atom. The standard InChI is InChI=1S/C15H14N4.C2H6/c1-11-2-6-13(7-3-11)14-8-4-12(5-9-14)10-15-16-18-19-17-15;1-2/h2-9H,10H2,1H3,(H,16,17,18,19);1-2H3. The molecule has 0 saturated heterocycles. The fourth-order valence-electron chi connectivity index (χ4n) is 2.00. The third-order valence-corrected chi connectivity index (χ3v) is 3.09. The van der Waals surface area contributed by atoms with Gasteiger partial charge in [-0.3, -0.25) is 0 Å². The molecule has 0 aliphatic carbocycles. The minimum atomic E-state index is 0.699. The van der Waals surface area contributed by atoms with Gasteiger partial charge in [0.1, 0.15) is 0 Å². The average molecular weight is 280 g/mol. The van der Waals surface area contributed by atoms with Crippen molar-refractivity contribution in [3.8, 4) is 11.1 Å². The topological polar surface area (TPSA) is 54.5 Å². The van der Waals surface area contributed by atoms with Gasteiger partial charge in [-0.15, -0.1) is 10.2 Å². The number of rotatable bonds is 3. The van der Waals surface area contributed by atoms with Crippen LogP contribution in [0.25, 0.3) is 11.1 Å². The van der Waals surface area contributed by atoms with Crippen LogP contribution >= 0.6 is 0 Å². The molecule has 21 heavy (non-hydrogen) atoms. The molecule has 2 aromatic carbocycles. The van der Waals surface area contributed by atoms with E-state index in [4.69, 9.17) is 0 Å². The molecule has 1 N–H and O–H groups in total. The van der Waals surface area contributed by atoms with Crippen molar-refractivity contribution >= 4 is 0 Å². The van der Waals surface area contributed by atoms with E-state index in [0.717, 1.165) is 0 Å². The number of hydrogen-bond donors (Lipinski definition) is 1. The minimum Gasteiger partial charge on any atom is -0.177 e. The molecule has 0 atom stereocenters. The van der Waals surface area contributed by atoms with Crippen molar-refractivity contribution < 1.29 is 0 Å². The first-order valence-corrected chi connectivity index (χ1v) is 7.19. The number of hydrogen-bond acceptors (Lipinski definition) is 3. The third-order valence-electron chi connectivity index (χ3n) is 3.09. The molecule has 4 heteroatoms. The Bertz CT molecular complexity index is 640. The quantitative estimate of drug-likeness (QED) is 0.794. The lowest BCUT2D eigenvalue weighted by Gasteiger charge is -2.04. The van der Waals surface area contributed by atoms with Crippen LogP contribution in [0.5, 0.6) is 0 Å². The van der Waals surface area contributed by atoms with E-state index >= 15 is 0 Å². The van der Waals surface area contributed by atoms with Crippen molar-refractivity contribution in [2.24, 2.45) is 0 Å². The second-order valence-electron chi connectivity index (χ2n) is 4.57. The summed E-state index contributed by atoms with van der Waals surface area (Å²) in [5.74, 6) is 0.711. The molecule has 0 fully saturated rings. The minimum absolute atomic E-state index is 0.699. The predicted octanol–water partition coefficient (Wildman–Crippen LogP) is 3.79. The Morgan fingerprint density at radius 3 is 1.95 bits per heavy atom. The lowest BCUT2D eigenvalue weighted by Crippen LogP contribution is -1.91. The van der Waals surface area contributed by atoms with Crippen LogP contribution in [0, 0.1) is 6.92 Å². The Hall–Kier alpha value is -2.49. The molecule has 1 aromatic heterocycles. The fraction of sp³-hybridized carbons (Fsp3) is 0.235. The zero-order chi connectivity index (χ0) is 15.1. The van der Waals surface area contributed by atoms with Crippen LogP contribution < -0.4 is 0 Å².